The first-order valence-corrected chi connectivity index (χ1v) is 6.66. The lowest BCUT2D eigenvalue weighted by Crippen LogP contribution is -2.16. The first-order chi connectivity index (χ1) is 10.9. The Hall–Kier alpha value is -2.96. The van der Waals surface area contributed by atoms with Gasteiger partial charge in [0.15, 0.2) is 0 Å². The summed E-state index contributed by atoms with van der Waals surface area (Å²) in [6, 6.07) is 12.5. The number of carbonyl (C=O) groups is 1. The van der Waals surface area contributed by atoms with Crippen LogP contribution in [0.2, 0.25) is 0 Å². The molecule has 0 unspecified atom stereocenters. The Morgan fingerprint density at radius 2 is 1.74 bits per heavy atom. The molecule has 0 bridgehead atoms. The van der Waals surface area contributed by atoms with E-state index < -0.39 is 6.36 Å². The minimum Gasteiger partial charge on any atom is -0.406 e. The van der Waals surface area contributed by atoms with E-state index in [-0.39, 0.29) is 11.7 Å². The zero-order valence-corrected chi connectivity index (χ0v) is 11.6. The fraction of sp³-hybridized carbons (Fsp3) is 0.0625. The molecule has 0 saturated heterocycles. The van der Waals surface area contributed by atoms with Gasteiger partial charge in [0.1, 0.15) is 5.75 Å². The smallest absolute Gasteiger partial charge is 0.406 e. The second-order valence-corrected chi connectivity index (χ2v) is 4.77. The lowest BCUT2D eigenvalue weighted by Gasteiger charge is -2.09. The third-order valence-electron chi connectivity index (χ3n) is 3.18. The molecule has 0 atom stereocenters. The number of hydrogen-bond acceptors (Lipinski definition) is 3. The van der Waals surface area contributed by atoms with Crippen LogP contribution in [0.15, 0.2) is 54.7 Å². The van der Waals surface area contributed by atoms with Crippen molar-refractivity contribution in [3.63, 3.8) is 0 Å². The van der Waals surface area contributed by atoms with Gasteiger partial charge in [-0.05, 0) is 30.3 Å². The Morgan fingerprint density at radius 3 is 2.43 bits per heavy atom. The maximum Gasteiger partial charge on any atom is 0.573 e. The van der Waals surface area contributed by atoms with Gasteiger partial charge in [-0.25, -0.2) is 0 Å². The number of hydrogen-bond donors (Lipinski definition) is 2. The van der Waals surface area contributed by atoms with E-state index >= 15 is 0 Å². The van der Waals surface area contributed by atoms with E-state index in [1.807, 2.05) is 12.1 Å². The molecule has 1 aliphatic heterocycles. The quantitative estimate of drug-likeness (QED) is 0.841. The molecular weight excluding hydrogens is 309 g/mol. The number of halogens is 3. The fourth-order valence-corrected chi connectivity index (χ4v) is 2.19. The van der Waals surface area contributed by atoms with Crippen molar-refractivity contribution in [1.29, 1.82) is 0 Å². The number of nitrogens with one attached hydrogen (secondary N) is 2. The van der Waals surface area contributed by atoms with Gasteiger partial charge in [-0.2, -0.15) is 0 Å². The lowest BCUT2D eigenvalue weighted by atomic mass is 10.1. The number of alkyl halides is 3. The van der Waals surface area contributed by atoms with Crippen molar-refractivity contribution in [2.24, 2.45) is 0 Å². The Kier molecular flexibility index (Phi) is 3.69. The molecule has 1 aliphatic rings. The van der Waals surface area contributed by atoms with Crippen LogP contribution in [-0.4, -0.2) is 12.3 Å². The van der Waals surface area contributed by atoms with E-state index in [0.717, 1.165) is 11.3 Å². The lowest BCUT2D eigenvalue weighted by molar-refractivity contribution is -0.274. The summed E-state index contributed by atoms with van der Waals surface area (Å²) in [6.07, 6.45) is -3.21. The summed E-state index contributed by atoms with van der Waals surface area (Å²) < 4.78 is 40.0. The number of carbonyl (C=O) groups excluding carboxylic acids is 1. The highest BCUT2D eigenvalue weighted by molar-refractivity contribution is 6.31. The summed E-state index contributed by atoms with van der Waals surface area (Å²) in [7, 11) is 0. The van der Waals surface area contributed by atoms with Gasteiger partial charge < -0.3 is 15.4 Å². The predicted octanol–water partition coefficient (Wildman–Crippen LogP) is 3.99. The number of amides is 1. The van der Waals surface area contributed by atoms with Gasteiger partial charge in [0, 0.05) is 23.1 Å². The summed E-state index contributed by atoms with van der Waals surface area (Å²) in [5.74, 6) is -0.546. The highest BCUT2D eigenvalue weighted by Crippen LogP contribution is 2.31. The van der Waals surface area contributed by atoms with Crippen molar-refractivity contribution < 1.29 is 22.7 Å². The second kappa shape index (κ2) is 5.68. The maximum absolute atomic E-state index is 12.1. The normalized spacial score (nSPS) is 15.3. The molecule has 0 spiro atoms. The molecule has 0 fully saturated rings. The van der Waals surface area contributed by atoms with Crippen LogP contribution in [0.3, 0.4) is 0 Å². The third-order valence-corrected chi connectivity index (χ3v) is 3.18. The van der Waals surface area contributed by atoms with E-state index in [9.17, 15) is 18.0 Å². The highest BCUT2D eigenvalue weighted by atomic mass is 19.4. The van der Waals surface area contributed by atoms with Gasteiger partial charge in [0.25, 0.3) is 5.91 Å². The largest absolute Gasteiger partial charge is 0.573 e. The number of ether oxygens (including phenoxy) is 1. The van der Waals surface area contributed by atoms with Crippen LogP contribution in [-0.2, 0) is 4.79 Å². The first-order valence-electron chi connectivity index (χ1n) is 6.66. The summed E-state index contributed by atoms with van der Waals surface area (Å²) in [6.45, 7) is 0. The minimum atomic E-state index is -4.72. The van der Waals surface area contributed by atoms with Crippen molar-refractivity contribution in [2.45, 2.75) is 6.36 Å². The van der Waals surface area contributed by atoms with E-state index in [0.29, 0.717) is 11.3 Å². The molecule has 0 aliphatic carbocycles. The standard InChI is InChI=1S/C16H11F3N2O2/c17-16(18,19)23-11-7-5-10(6-8-11)20-9-13-12-3-1-2-4-14(12)21-15(13)22/h1-9,20H,(H,21,22). The molecule has 1 amide bonds. The van der Waals surface area contributed by atoms with Gasteiger partial charge in [0.05, 0.1) is 5.57 Å². The van der Waals surface area contributed by atoms with Crippen molar-refractivity contribution in [1.82, 2.24) is 0 Å². The summed E-state index contributed by atoms with van der Waals surface area (Å²) in [5.41, 5.74) is 2.47. The first kappa shape index (κ1) is 15.0. The molecule has 7 heteroatoms. The number of para-hydroxylation sites is 1. The molecule has 3 rings (SSSR count). The topological polar surface area (TPSA) is 50.4 Å². The Morgan fingerprint density at radius 1 is 1.04 bits per heavy atom. The van der Waals surface area contributed by atoms with E-state index in [1.54, 1.807) is 12.1 Å². The van der Waals surface area contributed by atoms with Crippen molar-refractivity contribution in [3.8, 4) is 5.75 Å². The molecule has 4 nitrogen and oxygen atoms in total. The fourth-order valence-electron chi connectivity index (χ4n) is 2.19. The Bertz CT molecular complexity index is 768. The van der Waals surface area contributed by atoms with Crippen LogP contribution in [0.4, 0.5) is 24.5 Å². The van der Waals surface area contributed by atoms with E-state index in [4.69, 9.17) is 0 Å². The Balaban J connectivity index is 1.74. The number of rotatable bonds is 3. The monoisotopic (exact) mass is 320 g/mol. The second-order valence-electron chi connectivity index (χ2n) is 4.77. The molecule has 0 saturated carbocycles. The minimum absolute atomic E-state index is 0.240. The van der Waals surface area contributed by atoms with Gasteiger partial charge in [-0.3, -0.25) is 4.79 Å². The van der Waals surface area contributed by atoms with Crippen LogP contribution in [0.5, 0.6) is 5.75 Å². The molecule has 23 heavy (non-hydrogen) atoms. The third kappa shape index (κ3) is 3.45. The average molecular weight is 320 g/mol. The molecule has 118 valence electrons. The predicted molar refractivity (Wildman–Crippen MR) is 79.8 cm³/mol. The number of benzene rings is 2. The summed E-state index contributed by atoms with van der Waals surface area (Å²) in [5, 5.41) is 5.61. The maximum atomic E-state index is 12.1. The van der Waals surface area contributed by atoms with Gasteiger partial charge in [0.2, 0.25) is 0 Å². The van der Waals surface area contributed by atoms with Crippen molar-refractivity contribution in [2.75, 3.05) is 10.6 Å². The summed E-state index contributed by atoms with van der Waals surface area (Å²) >= 11 is 0. The molecule has 0 radical (unpaired) electrons. The van der Waals surface area contributed by atoms with Crippen LogP contribution in [0, 0.1) is 0 Å². The molecular formula is C16H11F3N2O2. The zero-order chi connectivity index (χ0) is 16.4. The van der Waals surface area contributed by atoms with Gasteiger partial charge >= 0.3 is 6.36 Å². The SMILES string of the molecule is O=C1Nc2ccccc2C1=CNc1ccc(OC(F)(F)F)cc1. The molecule has 1 heterocycles. The van der Waals surface area contributed by atoms with Crippen LogP contribution in [0.25, 0.3) is 5.57 Å². The molecule has 0 aromatic heterocycles. The van der Waals surface area contributed by atoms with Gasteiger partial charge in [-0.1, -0.05) is 18.2 Å². The van der Waals surface area contributed by atoms with Crippen molar-refractivity contribution in [3.05, 3.63) is 60.3 Å². The number of anilines is 2. The average Bonchev–Trinajstić information content (AvgIpc) is 2.80. The van der Waals surface area contributed by atoms with E-state index in [1.165, 1.54) is 30.5 Å². The van der Waals surface area contributed by atoms with Crippen LogP contribution >= 0.6 is 0 Å². The van der Waals surface area contributed by atoms with Gasteiger partial charge in [-0.15, -0.1) is 13.2 Å². The van der Waals surface area contributed by atoms with Crippen LogP contribution < -0.4 is 15.4 Å². The molecule has 2 aromatic carbocycles. The van der Waals surface area contributed by atoms with Crippen LogP contribution in [0.1, 0.15) is 5.56 Å². The Labute approximate surface area is 129 Å². The van der Waals surface area contributed by atoms with Crippen molar-refractivity contribution >= 4 is 22.9 Å². The number of fused-ring (bicyclic) bond motifs is 1. The molecule has 2 N–H and O–H groups in total. The zero-order valence-electron chi connectivity index (χ0n) is 11.6. The van der Waals surface area contributed by atoms with E-state index in [2.05, 4.69) is 15.4 Å². The summed E-state index contributed by atoms with van der Waals surface area (Å²) in [4.78, 5) is 11.9. The highest BCUT2D eigenvalue weighted by Gasteiger charge is 2.31. The molecule has 2 aromatic rings.